The summed E-state index contributed by atoms with van der Waals surface area (Å²) < 4.78 is 5.07. The molecule has 0 saturated carbocycles. The van der Waals surface area contributed by atoms with Gasteiger partial charge in [-0.3, -0.25) is 4.79 Å². The molecule has 0 bridgehead atoms. The lowest BCUT2D eigenvalue weighted by molar-refractivity contribution is -0.118. The third kappa shape index (κ3) is 3.36. The van der Waals surface area contributed by atoms with Gasteiger partial charge in [-0.05, 0) is 38.1 Å². The van der Waals surface area contributed by atoms with Crippen molar-refractivity contribution >= 4 is 5.78 Å². The van der Waals surface area contributed by atoms with Crippen LogP contribution in [0.1, 0.15) is 12.5 Å². The second kappa shape index (κ2) is 5.51. The summed E-state index contributed by atoms with van der Waals surface area (Å²) in [5.74, 6) is 0.996. The number of benzene rings is 1. The minimum atomic E-state index is -0.0987. The van der Waals surface area contributed by atoms with Crippen LogP contribution >= 0.6 is 0 Å². The van der Waals surface area contributed by atoms with Crippen LogP contribution in [0.2, 0.25) is 0 Å². The Labute approximate surface area is 90.4 Å². The molecule has 0 aliphatic heterocycles. The van der Waals surface area contributed by atoms with E-state index in [-0.39, 0.29) is 11.8 Å². The maximum absolute atomic E-state index is 11.2. The summed E-state index contributed by atoms with van der Waals surface area (Å²) >= 11 is 0. The molecular formula is C12H17NO2. The number of methoxy groups -OCH3 is 1. The Morgan fingerprint density at radius 1 is 1.40 bits per heavy atom. The van der Waals surface area contributed by atoms with Crippen LogP contribution in [0, 0.1) is 0 Å². The minimum absolute atomic E-state index is 0.0987. The van der Waals surface area contributed by atoms with Gasteiger partial charge in [0.1, 0.15) is 11.5 Å². The molecule has 1 aromatic carbocycles. The highest BCUT2D eigenvalue weighted by molar-refractivity contribution is 5.81. The van der Waals surface area contributed by atoms with Crippen molar-refractivity contribution in [2.75, 3.05) is 14.2 Å². The number of ketones is 1. The molecule has 0 unspecified atom stereocenters. The second-order valence-electron chi connectivity index (χ2n) is 3.50. The molecule has 0 saturated heterocycles. The fourth-order valence-corrected chi connectivity index (χ4v) is 1.45. The fourth-order valence-electron chi connectivity index (χ4n) is 1.45. The summed E-state index contributed by atoms with van der Waals surface area (Å²) in [4.78, 5) is 11.2. The van der Waals surface area contributed by atoms with Gasteiger partial charge >= 0.3 is 0 Å². The number of carbonyl (C=O) groups excluding carboxylic acids is 1. The standard InChI is InChI=1S/C12H17NO2/c1-9(14)12(13-2)8-10-4-6-11(15-3)7-5-10/h4-7,12-13H,8H2,1-3H3/t12-/m1/s1. The van der Waals surface area contributed by atoms with E-state index >= 15 is 0 Å². The number of nitrogens with one attached hydrogen (secondary N) is 1. The molecule has 1 aromatic rings. The lowest BCUT2D eigenvalue weighted by atomic mass is 10.0. The van der Waals surface area contributed by atoms with Crippen LogP contribution in [0.5, 0.6) is 5.75 Å². The lowest BCUT2D eigenvalue weighted by Gasteiger charge is -2.12. The Balaban J connectivity index is 2.67. The van der Waals surface area contributed by atoms with E-state index in [1.54, 1.807) is 21.1 Å². The number of Topliss-reactive ketones (excluding diaryl/α,β-unsaturated/α-hetero) is 1. The van der Waals surface area contributed by atoms with Crippen molar-refractivity contribution in [2.45, 2.75) is 19.4 Å². The smallest absolute Gasteiger partial charge is 0.147 e. The van der Waals surface area contributed by atoms with Gasteiger partial charge in [0.25, 0.3) is 0 Å². The van der Waals surface area contributed by atoms with E-state index in [0.717, 1.165) is 17.7 Å². The molecule has 0 aliphatic carbocycles. The SMILES string of the molecule is CN[C@H](Cc1ccc(OC)cc1)C(C)=O. The molecule has 0 heterocycles. The molecule has 1 N–H and O–H groups in total. The number of ether oxygens (including phenoxy) is 1. The van der Waals surface area contributed by atoms with Crippen LogP contribution in [0.4, 0.5) is 0 Å². The predicted molar refractivity (Wildman–Crippen MR) is 60.2 cm³/mol. The summed E-state index contributed by atoms with van der Waals surface area (Å²) in [6.07, 6.45) is 0.718. The molecule has 1 rings (SSSR count). The summed E-state index contributed by atoms with van der Waals surface area (Å²) in [5.41, 5.74) is 1.13. The Kier molecular flexibility index (Phi) is 4.31. The summed E-state index contributed by atoms with van der Waals surface area (Å²) in [6, 6.07) is 7.67. The largest absolute Gasteiger partial charge is 0.497 e. The highest BCUT2D eigenvalue weighted by atomic mass is 16.5. The first-order chi connectivity index (χ1) is 7.17. The molecule has 1 atom stereocenters. The van der Waals surface area contributed by atoms with Gasteiger partial charge in [-0.1, -0.05) is 12.1 Å². The van der Waals surface area contributed by atoms with E-state index in [0.29, 0.717) is 0 Å². The normalized spacial score (nSPS) is 12.2. The quantitative estimate of drug-likeness (QED) is 0.793. The maximum Gasteiger partial charge on any atom is 0.147 e. The Hall–Kier alpha value is -1.35. The van der Waals surface area contributed by atoms with Gasteiger partial charge in [0.05, 0.1) is 13.2 Å². The topological polar surface area (TPSA) is 38.3 Å². The number of rotatable bonds is 5. The van der Waals surface area contributed by atoms with Crippen LogP contribution in [0.25, 0.3) is 0 Å². The third-order valence-electron chi connectivity index (χ3n) is 2.44. The van der Waals surface area contributed by atoms with Crippen molar-refractivity contribution in [2.24, 2.45) is 0 Å². The lowest BCUT2D eigenvalue weighted by Crippen LogP contribution is -2.34. The summed E-state index contributed by atoms with van der Waals surface area (Å²) in [6.45, 7) is 1.60. The molecule has 0 aromatic heterocycles. The van der Waals surface area contributed by atoms with Crippen LogP contribution in [0.3, 0.4) is 0 Å². The van der Waals surface area contributed by atoms with Crippen LogP contribution < -0.4 is 10.1 Å². The zero-order valence-electron chi connectivity index (χ0n) is 9.41. The minimum Gasteiger partial charge on any atom is -0.497 e. The predicted octanol–water partition coefficient (Wildman–Crippen LogP) is 1.41. The van der Waals surface area contributed by atoms with E-state index < -0.39 is 0 Å². The van der Waals surface area contributed by atoms with Crippen LogP contribution in [0.15, 0.2) is 24.3 Å². The zero-order valence-corrected chi connectivity index (χ0v) is 9.41. The van der Waals surface area contributed by atoms with Crippen LogP contribution in [-0.4, -0.2) is 26.0 Å². The molecule has 3 nitrogen and oxygen atoms in total. The average molecular weight is 207 g/mol. The Morgan fingerprint density at radius 2 is 2.00 bits per heavy atom. The first kappa shape index (κ1) is 11.7. The average Bonchev–Trinajstić information content (AvgIpc) is 2.26. The highest BCUT2D eigenvalue weighted by Crippen LogP contribution is 2.12. The summed E-state index contributed by atoms with van der Waals surface area (Å²) in [7, 11) is 3.44. The van der Waals surface area contributed by atoms with Crippen LogP contribution in [-0.2, 0) is 11.2 Å². The molecule has 0 radical (unpaired) electrons. The number of hydrogen-bond donors (Lipinski definition) is 1. The van der Waals surface area contributed by atoms with Gasteiger partial charge < -0.3 is 10.1 Å². The summed E-state index contributed by atoms with van der Waals surface area (Å²) in [5, 5.41) is 3.00. The van der Waals surface area contributed by atoms with Crippen molar-refractivity contribution in [3.8, 4) is 5.75 Å². The van der Waals surface area contributed by atoms with E-state index in [9.17, 15) is 4.79 Å². The first-order valence-electron chi connectivity index (χ1n) is 4.98. The second-order valence-corrected chi connectivity index (χ2v) is 3.50. The van der Waals surface area contributed by atoms with Gasteiger partial charge in [-0.25, -0.2) is 0 Å². The molecule has 0 spiro atoms. The van der Waals surface area contributed by atoms with Gasteiger partial charge in [-0.2, -0.15) is 0 Å². The van der Waals surface area contributed by atoms with E-state index in [4.69, 9.17) is 4.74 Å². The molecule has 0 amide bonds. The number of hydrogen-bond acceptors (Lipinski definition) is 3. The van der Waals surface area contributed by atoms with Gasteiger partial charge in [0.15, 0.2) is 0 Å². The molecule has 0 aliphatic rings. The van der Waals surface area contributed by atoms with E-state index in [1.165, 1.54) is 0 Å². The van der Waals surface area contributed by atoms with Crippen molar-refractivity contribution < 1.29 is 9.53 Å². The van der Waals surface area contributed by atoms with E-state index in [1.807, 2.05) is 24.3 Å². The van der Waals surface area contributed by atoms with E-state index in [2.05, 4.69) is 5.32 Å². The highest BCUT2D eigenvalue weighted by Gasteiger charge is 2.11. The number of likely N-dealkylation sites (N-methyl/N-ethyl adjacent to an activating group) is 1. The molecule has 0 fully saturated rings. The maximum atomic E-state index is 11.2. The molecule has 3 heteroatoms. The van der Waals surface area contributed by atoms with Crippen molar-refractivity contribution in [1.82, 2.24) is 5.32 Å². The third-order valence-corrected chi connectivity index (χ3v) is 2.44. The monoisotopic (exact) mass is 207 g/mol. The Morgan fingerprint density at radius 3 is 2.40 bits per heavy atom. The zero-order chi connectivity index (χ0) is 11.3. The Bertz CT molecular complexity index is 319. The first-order valence-corrected chi connectivity index (χ1v) is 4.98. The number of carbonyl (C=O) groups is 1. The van der Waals surface area contributed by atoms with Gasteiger partial charge in [0.2, 0.25) is 0 Å². The fraction of sp³-hybridized carbons (Fsp3) is 0.417. The molecule has 82 valence electrons. The van der Waals surface area contributed by atoms with Crippen molar-refractivity contribution in [3.05, 3.63) is 29.8 Å². The van der Waals surface area contributed by atoms with Gasteiger partial charge in [-0.15, -0.1) is 0 Å². The van der Waals surface area contributed by atoms with Crippen molar-refractivity contribution in [1.29, 1.82) is 0 Å². The van der Waals surface area contributed by atoms with Gasteiger partial charge in [0, 0.05) is 0 Å². The molecule has 15 heavy (non-hydrogen) atoms. The van der Waals surface area contributed by atoms with Crippen molar-refractivity contribution in [3.63, 3.8) is 0 Å². The molecular weight excluding hydrogens is 190 g/mol.